The number of phenolic OH excluding ortho intramolecular Hbond substituents is 1. The Morgan fingerprint density at radius 3 is 2.40 bits per heavy atom. The van der Waals surface area contributed by atoms with Crippen LogP contribution in [-0.4, -0.2) is 35.6 Å². The lowest BCUT2D eigenvalue weighted by molar-refractivity contribution is -0.132. The van der Waals surface area contributed by atoms with Gasteiger partial charge < -0.3 is 19.7 Å². The Morgan fingerprint density at radius 1 is 1.06 bits per heavy atom. The summed E-state index contributed by atoms with van der Waals surface area (Å²) in [7, 11) is 1.53. The zero-order chi connectivity index (χ0) is 25.3. The van der Waals surface area contributed by atoms with Crippen molar-refractivity contribution in [2.75, 3.05) is 18.6 Å². The molecule has 1 saturated heterocycles. The van der Waals surface area contributed by atoms with Crippen LogP contribution in [0.15, 0.2) is 70.7 Å². The van der Waals surface area contributed by atoms with Gasteiger partial charge in [-0.2, -0.15) is 0 Å². The predicted molar refractivity (Wildman–Crippen MR) is 136 cm³/mol. The van der Waals surface area contributed by atoms with E-state index in [4.69, 9.17) is 9.47 Å². The molecule has 1 heterocycles. The van der Waals surface area contributed by atoms with Crippen LogP contribution in [0.5, 0.6) is 17.2 Å². The molecule has 3 aromatic carbocycles. The van der Waals surface area contributed by atoms with Gasteiger partial charge in [0.25, 0.3) is 11.7 Å². The van der Waals surface area contributed by atoms with Gasteiger partial charge in [-0.1, -0.05) is 28.1 Å². The van der Waals surface area contributed by atoms with Crippen molar-refractivity contribution in [3.8, 4) is 17.2 Å². The average molecular weight is 538 g/mol. The summed E-state index contributed by atoms with van der Waals surface area (Å²) in [5.74, 6) is -1.16. The molecule has 1 aliphatic heterocycles. The molecule has 0 aromatic heterocycles. The largest absolute Gasteiger partial charge is 0.507 e. The number of rotatable bonds is 6. The van der Waals surface area contributed by atoms with Crippen molar-refractivity contribution < 1.29 is 29.3 Å². The number of nitrogens with zero attached hydrogens (tertiary/aromatic N) is 1. The molecular weight excluding hydrogens is 514 g/mol. The van der Waals surface area contributed by atoms with Crippen molar-refractivity contribution >= 4 is 39.1 Å². The Hall–Kier alpha value is -3.78. The van der Waals surface area contributed by atoms with Crippen LogP contribution in [0.1, 0.15) is 29.7 Å². The number of amides is 1. The standard InChI is InChI=1S/C27H24BrNO6/c1-4-35-22-13-17(8-12-21(22)30)24-23(25(31)16-6-10-19(34-3)11-7-16)26(32)27(33)29(24)18-9-5-15(2)20(28)14-18/h5-14,24,30-31H,4H2,1-3H3. The number of halogens is 1. The van der Waals surface area contributed by atoms with E-state index in [0.29, 0.717) is 29.2 Å². The molecule has 1 amide bonds. The van der Waals surface area contributed by atoms with E-state index < -0.39 is 17.7 Å². The van der Waals surface area contributed by atoms with Crippen LogP contribution in [-0.2, 0) is 9.59 Å². The first kappa shape index (κ1) is 24.3. The van der Waals surface area contributed by atoms with Gasteiger partial charge >= 0.3 is 0 Å². The van der Waals surface area contributed by atoms with Crippen molar-refractivity contribution in [3.05, 3.63) is 87.4 Å². The van der Waals surface area contributed by atoms with Crippen molar-refractivity contribution in [1.29, 1.82) is 0 Å². The molecule has 0 radical (unpaired) electrons. The van der Waals surface area contributed by atoms with E-state index in [-0.39, 0.29) is 22.8 Å². The highest BCUT2D eigenvalue weighted by Crippen LogP contribution is 2.44. The van der Waals surface area contributed by atoms with Gasteiger partial charge in [0, 0.05) is 15.7 Å². The van der Waals surface area contributed by atoms with E-state index in [0.717, 1.165) is 10.0 Å². The first-order valence-corrected chi connectivity index (χ1v) is 11.7. The number of anilines is 1. The Balaban J connectivity index is 1.95. The lowest BCUT2D eigenvalue weighted by Crippen LogP contribution is -2.29. The lowest BCUT2D eigenvalue weighted by Gasteiger charge is -2.26. The van der Waals surface area contributed by atoms with E-state index in [1.807, 2.05) is 13.0 Å². The lowest BCUT2D eigenvalue weighted by atomic mass is 9.94. The third kappa shape index (κ3) is 4.49. The number of carbonyl (C=O) groups is 2. The number of aliphatic hydroxyl groups is 1. The topological polar surface area (TPSA) is 96.3 Å². The number of hydrogen-bond donors (Lipinski definition) is 2. The van der Waals surface area contributed by atoms with Gasteiger partial charge in [0.05, 0.1) is 25.3 Å². The number of hydrogen-bond acceptors (Lipinski definition) is 6. The van der Waals surface area contributed by atoms with Crippen molar-refractivity contribution in [2.45, 2.75) is 19.9 Å². The van der Waals surface area contributed by atoms with Crippen molar-refractivity contribution in [2.24, 2.45) is 0 Å². The Labute approximate surface area is 211 Å². The molecule has 7 nitrogen and oxygen atoms in total. The minimum atomic E-state index is -0.952. The van der Waals surface area contributed by atoms with Gasteiger partial charge in [0.2, 0.25) is 0 Å². The molecule has 0 aliphatic carbocycles. The SMILES string of the molecule is CCOc1cc(C2C(=C(O)c3ccc(OC)cc3)C(=O)C(=O)N2c2ccc(C)c(Br)c2)ccc1O. The summed E-state index contributed by atoms with van der Waals surface area (Å²) in [5, 5.41) is 21.5. The minimum Gasteiger partial charge on any atom is -0.507 e. The average Bonchev–Trinajstić information content (AvgIpc) is 3.12. The highest BCUT2D eigenvalue weighted by atomic mass is 79.9. The Morgan fingerprint density at radius 2 is 1.77 bits per heavy atom. The van der Waals surface area contributed by atoms with Crippen LogP contribution < -0.4 is 14.4 Å². The fourth-order valence-electron chi connectivity index (χ4n) is 4.02. The fourth-order valence-corrected chi connectivity index (χ4v) is 4.39. The zero-order valence-electron chi connectivity index (χ0n) is 19.4. The number of benzene rings is 3. The molecule has 180 valence electrons. The van der Waals surface area contributed by atoms with Crippen molar-refractivity contribution in [1.82, 2.24) is 0 Å². The summed E-state index contributed by atoms with van der Waals surface area (Å²) >= 11 is 3.49. The van der Waals surface area contributed by atoms with E-state index in [1.165, 1.54) is 18.1 Å². The van der Waals surface area contributed by atoms with Gasteiger partial charge in [0.1, 0.15) is 11.5 Å². The predicted octanol–water partition coefficient (Wildman–Crippen LogP) is 5.50. The molecule has 0 spiro atoms. The van der Waals surface area contributed by atoms with E-state index >= 15 is 0 Å². The second-order valence-electron chi connectivity index (χ2n) is 7.99. The minimum absolute atomic E-state index is 0.0648. The summed E-state index contributed by atoms with van der Waals surface area (Å²) in [6.07, 6.45) is 0. The maximum atomic E-state index is 13.3. The molecule has 2 N–H and O–H groups in total. The number of ketones is 1. The maximum Gasteiger partial charge on any atom is 0.300 e. The summed E-state index contributed by atoms with van der Waals surface area (Å²) in [6.45, 7) is 4.01. The molecule has 0 bridgehead atoms. The molecule has 3 aromatic rings. The number of Topliss-reactive ketones (excluding diaryl/α,β-unsaturated/α-hetero) is 1. The molecule has 4 rings (SSSR count). The second kappa shape index (κ2) is 9.84. The van der Waals surface area contributed by atoms with Gasteiger partial charge in [-0.25, -0.2) is 0 Å². The van der Waals surface area contributed by atoms with Gasteiger partial charge in [-0.15, -0.1) is 0 Å². The van der Waals surface area contributed by atoms with Crippen LogP contribution in [0.3, 0.4) is 0 Å². The van der Waals surface area contributed by atoms with Crippen LogP contribution in [0, 0.1) is 6.92 Å². The summed E-state index contributed by atoms with van der Waals surface area (Å²) in [4.78, 5) is 28.0. The summed E-state index contributed by atoms with van der Waals surface area (Å²) in [5.41, 5.74) is 2.24. The maximum absolute atomic E-state index is 13.3. The van der Waals surface area contributed by atoms with Crippen molar-refractivity contribution in [3.63, 3.8) is 0 Å². The third-order valence-corrected chi connectivity index (χ3v) is 6.70. The van der Waals surface area contributed by atoms with Crippen LogP contribution >= 0.6 is 15.9 Å². The molecule has 1 atom stereocenters. The molecule has 1 unspecified atom stereocenters. The highest BCUT2D eigenvalue weighted by molar-refractivity contribution is 9.10. The normalized spacial score (nSPS) is 17.0. The first-order chi connectivity index (χ1) is 16.8. The van der Waals surface area contributed by atoms with Crippen LogP contribution in [0.2, 0.25) is 0 Å². The van der Waals surface area contributed by atoms with E-state index in [2.05, 4.69) is 15.9 Å². The van der Waals surface area contributed by atoms with Gasteiger partial charge in [0.15, 0.2) is 11.5 Å². The van der Waals surface area contributed by atoms with Crippen LogP contribution in [0.4, 0.5) is 5.69 Å². The number of carbonyl (C=O) groups excluding carboxylic acids is 2. The monoisotopic (exact) mass is 537 g/mol. The highest BCUT2D eigenvalue weighted by Gasteiger charge is 2.47. The van der Waals surface area contributed by atoms with E-state index in [9.17, 15) is 19.8 Å². The molecule has 8 heteroatoms. The van der Waals surface area contributed by atoms with Gasteiger partial charge in [-0.3, -0.25) is 14.5 Å². The quantitative estimate of drug-likeness (QED) is 0.245. The van der Waals surface area contributed by atoms with Crippen LogP contribution in [0.25, 0.3) is 5.76 Å². The third-order valence-electron chi connectivity index (χ3n) is 5.84. The second-order valence-corrected chi connectivity index (χ2v) is 8.85. The molecule has 35 heavy (non-hydrogen) atoms. The zero-order valence-corrected chi connectivity index (χ0v) is 21.0. The number of ether oxygens (including phenoxy) is 2. The Kier molecular flexibility index (Phi) is 6.84. The smallest absolute Gasteiger partial charge is 0.300 e. The molecular formula is C27H24BrNO6. The molecule has 1 aliphatic rings. The summed E-state index contributed by atoms with van der Waals surface area (Å²) in [6, 6.07) is 15.6. The molecule has 1 fully saturated rings. The fraction of sp³-hybridized carbons (Fsp3) is 0.185. The number of methoxy groups -OCH3 is 1. The number of phenols is 1. The Bertz CT molecular complexity index is 1330. The number of aryl methyl sites for hydroxylation is 1. The first-order valence-electron chi connectivity index (χ1n) is 10.9. The number of aromatic hydroxyl groups is 1. The van der Waals surface area contributed by atoms with Gasteiger partial charge in [-0.05, 0) is 73.5 Å². The number of aliphatic hydroxyl groups excluding tert-OH is 1. The van der Waals surface area contributed by atoms with E-state index in [1.54, 1.807) is 55.5 Å². The molecule has 0 saturated carbocycles. The summed E-state index contributed by atoms with van der Waals surface area (Å²) < 4.78 is 11.5.